The molecule has 0 radical (unpaired) electrons. The van der Waals surface area contributed by atoms with Crippen LogP contribution < -0.4 is 0 Å². The van der Waals surface area contributed by atoms with Crippen molar-refractivity contribution in [2.45, 2.75) is 6.54 Å². The van der Waals surface area contributed by atoms with Gasteiger partial charge in [-0.25, -0.2) is 0 Å². The van der Waals surface area contributed by atoms with E-state index in [-0.39, 0.29) is 0 Å². The van der Waals surface area contributed by atoms with Crippen molar-refractivity contribution < 1.29 is 4.74 Å². The molecule has 1 N–H and O–H groups in total. The van der Waals surface area contributed by atoms with Crippen molar-refractivity contribution in [2.75, 3.05) is 26.3 Å². The Kier molecular flexibility index (Phi) is 3.18. The third-order valence-electron chi connectivity index (χ3n) is 3.14. The van der Waals surface area contributed by atoms with Gasteiger partial charge in [0, 0.05) is 40.7 Å². The number of morpholine rings is 1. The highest BCUT2D eigenvalue weighted by atomic mass is 79.9. The number of nitrogens with one attached hydrogen (secondary N) is 1. The molecule has 17 heavy (non-hydrogen) atoms. The van der Waals surface area contributed by atoms with Gasteiger partial charge in [-0.3, -0.25) is 4.90 Å². The maximum Gasteiger partial charge on any atom is 0.0594 e. The first-order valence-corrected chi connectivity index (χ1v) is 6.68. The number of benzene rings is 1. The van der Waals surface area contributed by atoms with Crippen molar-refractivity contribution in [3.8, 4) is 0 Å². The number of nitrogens with zero attached hydrogens (tertiary/aromatic N) is 1. The topological polar surface area (TPSA) is 28.3 Å². The summed E-state index contributed by atoms with van der Waals surface area (Å²) in [6.07, 6.45) is 0. The summed E-state index contributed by atoms with van der Waals surface area (Å²) < 4.78 is 6.48. The lowest BCUT2D eigenvalue weighted by Crippen LogP contribution is -2.35. The lowest BCUT2D eigenvalue weighted by atomic mass is 10.2. The Morgan fingerprint density at radius 1 is 1.24 bits per heavy atom. The van der Waals surface area contributed by atoms with Crippen LogP contribution >= 0.6 is 15.9 Å². The highest BCUT2D eigenvalue weighted by Crippen LogP contribution is 2.21. The van der Waals surface area contributed by atoms with E-state index in [1.165, 1.54) is 16.6 Å². The van der Waals surface area contributed by atoms with Crippen LogP contribution in [-0.2, 0) is 11.3 Å². The minimum atomic E-state index is 0.853. The summed E-state index contributed by atoms with van der Waals surface area (Å²) in [6, 6.07) is 8.56. The van der Waals surface area contributed by atoms with Crippen molar-refractivity contribution >= 4 is 26.8 Å². The Bertz CT molecular complexity index is 517. The van der Waals surface area contributed by atoms with Crippen LogP contribution in [0.2, 0.25) is 0 Å². The van der Waals surface area contributed by atoms with Crippen LogP contribution in [0, 0.1) is 0 Å². The second-order valence-corrected chi connectivity index (χ2v) is 5.33. The SMILES string of the molecule is Brc1ccc2[nH]c(CN3CCOCC3)cc2c1. The van der Waals surface area contributed by atoms with Crippen LogP contribution in [0.4, 0.5) is 0 Å². The molecule has 2 aromatic rings. The number of ether oxygens (including phenoxy) is 1. The normalized spacial score (nSPS) is 17.7. The van der Waals surface area contributed by atoms with Gasteiger partial charge in [0.15, 0.2) is 0 Å². The molecule has 1 aliphatic heterocycles. The highest BCUT2D eigenvalue weighted by molar-refractivity contribution is 9.10. The number of H-pyrrole nitrogens is 1. The molecule has 3 nitrogen and oxygen atoms in total. The zero-order chi connectivity index (χ0) is 11.7. The molecule has 1 saturated heterocycles. The van der Waals surface area contributed by atoms with E-state index in [0.29, 0.717) is 0 Å². The summed E-state index contributed by atoms with van der Waals surface area (Å²) in [7, 11) is 0. The fourth-order valence-corrected chi connectivity index (χ4v) is 2.63. The van der Waals surface area contributed by atoms with Crippen LogP contribution in [-0.4, -0.2) is 36.2 Å². The van der Waals surface area contributed by atoms with Crippen molar-refractivity contribution in [1.82, 2.24) is 9.88 Å². The van der Waals surface area contributed by atoms with E-state index in [9.17, 15) is 0 Å². The molecule has 0 unspecified atom stereocenters. The van der Waals surface area contributed by atoms with E-state index in [1.54, 1.807) is 0 Å². The molecule has 1 aliphatic rings. The van der Waals surface area contributed by atoms with E-state index >= 15 is 0 Å². The molecular weight excluding hydrogens is 280 g/mol. The van der Waals surface area contributed by atoms with Crippen molar-refractivity contribution in [2.24, 2.45) is 0 Å². The Balaban J connectivity index is 1.80. The summed E-state index contributed by atoms with van der Waals surface area (Å²) in [4.78, 5) is 5.89. The predicted octanol–water partition coefficient (Wildman–Crippen LogP) is 2.76. The van der Waals surface area contributed by atoms with Crippen LogP contribution in [0.3, 0.4) is 0 Å². The van der Waals surface area contributed by atoms with Gasteiger partial charge in [0.05, 0.1) is 13.2 Å². The standard InChI is InChI=1S/C13H15BrN2O/c14-11-1-2-13-10(7-11)8-12(15-13)9-16-3-5-17-6-4-16/h1-2,7-8,15H,3-6,9H2. The van der Waals surface area contributed by atoms with E-state index in [2.05, 4.69) is 50.1 Å². The first-order chi connectivity index (χ1) is 8.31. The molecule has 0 bridgehead atoms. The second-order valence-electron chi connectivity index (χ2n) is 4.41. The third-order valence-corrected chi connectivity index (χ3v) is 3.63. The molecule has 90 valence electrons. The minimum Gasteiger partial charge on any atom is -0.379 e. The van der Waals surface area contributed by atoms with E-state index in [0.717, 1.165) is 37.3 Å². The Morgan fingerprint density at radius 3 is 2.88 bits per heavy atom. The largest absolute Gasteiger partial charge is 0.379 e. The maximum atomic E-state index is 5.35. The molecule has 1 fully saturated rings. The van der Waals surface area contributed by atoms with Gasteiger partial charge in [-0.2, -0.15) is 0 Å². The number of hydrogen-bond donors (Lipinski definition) is 1. The molecule has 1 aromatic carbocycles. The van der Waals surface area contributed by atoms with Gasteiger partial charge in [0.25, 0.3) is 0 Å². The molecule has 3 rings (SSSR count). The molecule has 0 saturated carbocycles. The van der Waals surface area contributed by atoms with E-state index in [4.69, 9.17) is 4.74 Å². The zero-order valence-electron chi connectivity index (χ0n) is 9.58. The second kappa shape index (κ2) is 4.80. The molecule has 0 atom stereocenters. The fourth-order valence-electron chi connectivity index (χ4n) is 2.25. The first kappa shape index (κ1) is 11.3. The first-order valence-electron chi connectivity index (χ1n) is 5.88. The van der Waals surface area contributed by atoms with Crippen LogP contribution in [0.15, 0.2) is 28.7 Å². The quantitative estimate of drug-likeness (QED) is 0.922. The van der Waals surface area contributed by atoms with Crippen LogP contribution in [0.5, 0.6) is 0 Å². The summed E-state index contributed by atoms with van der Waals surface area (Å²) in [5.74, 6) is 0. The zero-order valence-corrected chi connectivity index (χ0v) is 11.2. The summed E-state index contributed by atoms with van der Waals surface area (Å²) >= 11 is 3.50. The van der Waals surface area contributed by atoms with Gasteiger partial charge in [-0.15, -0.1) is 0 Å². The Hall–Kier alpha value is -0.840. The van der Waals surface area contributed by atoms with Crippen molar-refractivity contribution in [3.63, 3.8) is 0 Å². The predicted molar refractivity (Wildman–Crippen MR) is 72.1 cm³/mol. The monoisotopic (exact) mass is 294 g/mol. The van der Waals surface area contributed by atoms with Crippen LogP contribution in [0.1, 0.15) is 5.69 Å². The third kappa shape index (κ3) is 2.54. The van der Waals surface area contributed by atoms with E-state index in [1.807, 2.05) is 0 Å². The smallest absolute Gasteiger partial charge is 0.0594 e. The van der Waals surface area contributed by atoms with Crippen molar-refractivity contribution in [1.29, 1.82) is 0 Å². The summed E-state index contributed by atoms with van der Waals surface area (Å²) in [6.45, 7) is 4.74. The summed E-state index contributed by atoms with van der Waals surface area (Å²) in [5.41, 5.74) is 2.48. The highest BCUT2D eigenvalue weighted by Gasteiger charge is 2.11. The molecule has 4 heteroatoms. The minimum absolute atomic E-state index is 0.853. The number of halogens is 1. The van der Waals surface area contributed by atoms with E-state index < -0.39 is 0 Å². The van der Waals surface area contributed by atoms with Gasteiger partial charge in [0.2, 0.25) is 0 Å². The fraction of sp³-hybridized carbons (Fsp3) is 0.385. The van der Waals surface area contributed by atoms with Gasteiger partial charge < -0.3 is 9.72 Å². The van der Waals surface area contributed by atoms with Crippen molar-refractivity contribution in [3.05, 3.63) is 34.4 Å². The van der Waals surface area contributed by atoms with Gasteiger partial charge in [0.1, 0.15) is 0 Å². The Labute approximate surface area is 109 Å². The molecular formula is C13H15BrN2O. The molecule has 0 amide bonds. The Morgan fingerprint density at radius 2 is 2.06 bits per heavy atom. The van der Waals surface area contributed by atoms with Gasteiger partial charge >= 0.3 is 0 Å². The molecule has 0 aliphatic carbocycles. The number of rotatable bonds is 2. The molecule has 0 spiro atoms. The van der Waals surface area contributed by atoms with Crippen LogP contribution in [0.25, 0.3) is 10.9 Å². The van der Waals surface area contributed by atoms with Gasteiger partial charge in [-0.1, -0.05) is 15.9 Å². The lowest BCUT2D eigenvalue weighted by molar-refractivity contribution is 0.0337. The average Bonchev–Trinajstić information content (AvgIpc) is 2.71. The van der Waals surface area contributed by atoms with Gasteiger partial charge in [-0.05, 0) is 24.3 Å². The summed E-state index contributed by atoms with van der Waals surface area (Å²) in [5, 5.41) is 1.27. The molecule has 1 aromatic heterocycles. The molecule has 2 heterocycles. The average molecular weight is 295 g/mol. The number of fused-ring (bicyclic) bond motifs is 1. The number of aromatic nitrogens is 1. The lowest BCUT2D eigenvalue weighted by Gasteiger charge is -2.25. The number of hydrogen-bond acceptors (Lipinski definition) is 2. The maximum absolute atomic E-state index is 5.35. The number of aromatic amines is 1.